The summed E-state index contributed by atoms with van der Waals surface area (Å²) in [4.78, 5) is 44.8. The van der Waals surface area contributed by atoms with Crippen molar-refractivity contribution in [3.8, 4) is 0 Å². The van der Waals surface area contributed by atoms with Crippen molar-refractivity contribution >= 4 is 51.4 Å². The largest absolute Gasteiger partial charge is 0.473 e. The molecule has 49 heavy (non-hydrogen) atoms. The Hall–Kier alpha value is -2.93. The molecule has 4 aliphatic rings. The van der Waals surface area contributed by atoms with Gasteiger partial charge in [0.05, 0.1) is 6.61 Å². The quantitative estimate of drug-likeness (QED) is 0.216. The summed E-state index contributed by atoms with van der Waals surface area (Å²) in [5.74, 6) is -1.34. The number of rotatable bonds is 11. The first-order chi connectivity index (χ1) is 23.7. The van der Waals surface area contributed by atoms with Crippen molar-refractivity contribution < 1.29 is 28.9 Å². The molecule has 0 saturated carbocycles. The van der Waals surface area contributed by atoms with Crippen LogP contribution in [0.25, 0.3) is 0 Å². The Morgan fingerprint density at radius 1 is 0.878 bits per heavy atom. The van der Waals surface area contributed by atoms with Gasteiger partial charge in [0.25, 0.3) is 0 Å². The lowest BCUT2D eigenvalue weighted by Gasteiger charge is -2.39. The Morgan fingerprint density at radius 3 is 1.94 bits per heavy atom. The predicted molar refractivity (Wildman–Crippen MR) is 185 cm³/mol. The van der Waals surface area contributed by atoms with Gasteiger partial charge in [-0.3, -0.25) is 14.0 Å². The number of halogens is 2. The van der Waals surface area contributed by atoms with Crippen molar-refractivity contribution in [1.29, 1.82) is 0 Å². The maximum Gasteiger partial charge on any atom is 0.414 e. The van der Waals surface area contributed by atoms with E-state index in [0.717, 1.165) is 72.5 Å². The maximum atomic E-state index is 13.7. The average Bonchev–Trinajstić information content (AvgIpc) is 3.89. The number of carbonyl (C=O) groups is 2. The van der Waals surface area contributed by atoms with Gasteiger partial charge in [-0.1, -0.05) is 57.7 Å². The molecule has 3 aromatic rings. The molecule has 18 heteroatoms. The summed E-state index contributed by atoms with van der Waals surface area (Å²) in [6.45, 7) is 5.10. The van der Waals surface area contributed by atoms with E-state index in [0.29, 0.717) is 49.9 Å². The number of aliphatic carboxylic acids is 2. The highest BCUT2D eigenvalue weighted by Crippen LogP contribution is 2.39. The number of piperidine rings is 1. The normalized spacial score (nSPS) is 20.6. The molecule has 4 aliphatic heterocycles. The van der Waals surface area contributed by atoms with Gasteiger partial charge in [0.1, 0.15) is 5.82 Å². The van der Waals surface area contributed by atoms with Gasteiger partial charge >= 0.3 is 23.3 Å². The monoisotopic (exact) mass is 785 g/mol. The smallest absolute Gasteiger partial charge is 0.414 e. The minimum Gasteiger partial charge on any atom is -0.473 e. The summed E-state index contributed by atoms with van der Waals surface area (Å²) in [6, 6.07) is 8.07. The number of fused-ring (bicyclic) bond motifs is 4. The molecular weight excluding hydrogens is 745 g/mol. The van der Waals surface area contributed by atoms with Gasteiger partial charge in [-0.05, 0) is 50.5 Å². The summed E-state index contributed by atoms with van der Waals surface area (Å²) >= 11 is 6.66. The summed E-state index contributed by atoms with van der Waals surface area (Å²) in [7, 11) is 0. The molecule has 14 nitrogen and oxygen atoms in total. The number of aromatic nitrogens is 6. The Labute approximate surface area is 299 Å². The molecule has 6 heterocycles. The van der Waals surface area contributed by atoms with E-state index >= 15 is 0 Å². The van der Waals surface area contributed by atoms with E-state index < -0.39 is 11.9 Å². The fourth-order valence-corrected chi connectivity index (χ4v) is 8.76. The van der Waals surface area contributed by atoms with Crippen LogP contribution in [0.3, 0.4) is 0 Å². The lowest BCUT2D eigenvalue weighted by molar-refractivity contribution is -0.159. The van der Waals surface area contributed by atoms with Crippen molar-refractivity contribution in [2.24, 2.45) is 5.92 Å². The van der Waals surface area contributed by atoms with Crippen molar-refractivity contribution in [3.63, 3.8) is 0 Å². The number of hydrogen-bond acceptors (Lipinski definition) is 10. The van der Waals surface area contributed by atoms with Crippen molar-refractivity contribution in [3.05, 3.63) is 56.6 Å². The minimum atomic E-state index is -1.82. The van der Waals surface area contributed by atoms with Crippen LogP contribution >= 0.6 is 39.5 Å². The van der Waals surface area contributed by atoms with Gasteiger partial charge in [0.2, 0.25) is 0 Å². The topological polar surface area (TPSA) is 167 Å². The molecule has 2 bridgehead atoms. The van der Waals surface area contributed by atoms with Gasteiger partial charge in [-0.25, -0.2) is 32.9 Å². The van der Waals surface area contributed by atoms with E-state index in [9.17, 15) is 14.0 Å². The van der Waals surface area contributed by atoms with Crippen molar-refractivity contribution in [1.82, 2.24) is 33.6 Å². The lowest BCUT2D eigenvalue weighted by atomic mass is 9.91. The molecule has 2 unspecified atom stereocenters. The first-order valence-corrected chi connectivity index (χ1v) is 19.5. The SMILES string of the molecule is O=C(O)C(=O)O.O=c1n(CCCBr)nc2n1CCS2.O=c1n(CCCN2C3CCC2CC(COCc2ccccc2F)C3)nc2n1CCS2. The van der Waals surface area contributed by atoms with Gasteiger partial charge in [0, 0.05) is 73.8 Å². The zero-order valence-corrected chi connectivity index (χ0v) is 30.2. The average molecular weight is 787 g/mol. The van der Waals surface area contributed by atoms with Crippen molar-refractivity contribution in [2.45, 2.75) is 93.7 Å². The number of aryl methyl sites for hydroxylation is 2. The molecule has 2 saturated heterocycles. The lowest BCUT2D eigenvalue weighted by Crippen LogP contribution is -2.44. The molecule has 1 aromatic carbocycles. The highest BCUT2D eigenvalue weighted by molar-refractivity contribution is 9.09. The number of carboxylic acid groups (broad SMARTS) is 2. The third kappa shape index (κ3) is 9.65. The van der Waals surface area contributed by atoms with Crippen LogP contribution in [0.15, 0.2) is 44.2 Å². The second kappa shape index (κ2) is 17.8. The molecule has 0 aliphatic carbocycles. The molecule has 2 N–H and O–H groups in total. The first kappa shape index (κ1) is 37.3. The van der Waals surface area contributed by atoms with E-state index in [1.165, 1.54) is 18.9 Å². The fourth-order valence-electron chi connectivity index (χ4n) is 6.64. The fraction of sp³-hybridized carbons (Fsp3) is 0.613. The molecule has 2 aromatic heterocycles. The molecule has 2 atom stereocenters. The van der Waals surface area contributed by atoms with E-state index in [4.69, 9.17) is 24.5 Å². The van der Waals surface area contributed by atoms with Crippen LogP contribution in [-0.2, 0) is 47.1 Å². The van der Waals surface area contributed by atoms with Crippen molar-refractivity contribution in [2.75, 3.05) is 30.0 Å². The number of alkyl halides is 1. The van der Waals surface area contributed by atoms with E-state index in [-0.39, 0.29) is 17.2 Å². The highest BCUT2D eigenvalue weighted by atomic mass is 79.9. The number of ether oxygens (including phenoxy) is 1. The molecule has 7 rings (SSSR count). The van der Waals surface area contributed by atoms with E-state index in [1.807, 2.05) is 6.07 Å². The summed E-state index contributed by atoms with van der Waals surface area (Å²) in [5.41, 5.74) is 0.724. The van der Waals surface area contributed by atoms with Crippen LogP contribution in [0.4, 0.5) is 4.39 Å². The highest BCUT2D eigenvalue weighted by Gasteiger charge is 2.40. The van der Waals surface area contributed by atoms with Gasteiger partial charge < -0.3 is 14.9 Å². The Balaban J connectivity index is 0.000000203. The molecule has 268 valence electrons. The number of nitrogens with zero attached hydrogens (tertiary/aromatic N) is 7. The number of thioether (sulfide) groups is 2. The number of benzene rings is 1. The maximum absolute atomic E-state index is 13.7. The van der Waals surface area contributed by atoms with Crippen LogP contribution in [0.5, 0.6) is 0 Å². The summed E-state index contributed by atoms with van der Waals surface area (Å²) in [6.07, 6.45) is 6.73. The first-order valence-electron chi connectivity index (χ1n) is 16.4. The Morgan fingerprint density at radius 2 is 1.43 bits per heavy atom. The van der Waals surface area contributed by atoms with Gasteiger partial charge in [0.15, 0.2) is 10.3 Å². The van der Waals surface area contributed by atoms with Gasteiger partial charge in [-0.2, -0.15) is 0 Å². The van der Waals surface area contributed by atoms with Crippen LogP contribution in [-0.4, -0.2) is 97.8 Å². The molecular formula is C31H41BrFN7O7S2. The van der Waals surface area contributed by atoms with Crippen LogP contribution in [0.2, 0.25) is 0 Å². The number of carboxylic acids is 2. The number of hydrogen-bond donors (Lipinski definition) is 2. The molecule has 0 amide bonds. The van der Waals surface area contributed by atoms with E-state index in [2.05, 4.69) is 31.0 Å². The zero-order chi connectivity index (χ0) is 34.9. The van der Waals surface area contributed by atoms with Crippen LogP contribution in [0, 0.1) is 11.7 Å². The predicted octanol–water partition coefficient (Wildman–Crippen LogP) is 3.23. The van der Waals surface area contributed by atoms with Gasteiger partial charge in [-0.15, -0.1) is 10.2 Å². The third-order valence-electron chi connectivity index (χ3n) is 8.89. The second-order valence-corrected chi connectivity index (χ2v) is 15.1. The van der Waals surface area contributed by atoms with Crippen LogP contribution in [0.1, 0.15) is 44.1 Å². The van der Waals surface area contributed by atoms with E-state index in [1.54, 1.807) is 54.2 Å². The molecule has 0 spiro atoms. The summed E-state index contributed by atoms with van der Waals surface area (Å²) in [5, 5.41) is 26.1. The molecule has 2 fully saturated rings. The second-order valence-electron chi connectivity index (χ2n) is 12.1. The standard InChI is InChI=1S/C22H29FN4O2S.C7H10BrN3OS.C2H2O4/c23-20-5-2-1-4-17(20)15-29-14-16-12-18-6-7-19(13-16)25(18)8-3-9-27-22(28)26-10-11-30-21(26)24-27;8-2-1-3-11-7(12)10-4-5-13-6(10)9-11;3-1(4)2(5)6/h1-2,4-5,16,18-19H,3,6-15H2;1-5H2;(H,3,4)(H,5,6). The minimum absolute atomic E-state index is 0.0425. The van der Waals surface area contributed by atoms with Crippen LogP contribution < -0.4 is 11.4 Å². The third-order valence-corrected chi connectivity index (χ3v) is 11.3. The molecule has 0 radical (unpaired) electrons. The zero-order valence-electron chi connectivity index (χ0n) is 27.0. The Kier molecular flexibility index (Phi) is 13.6. The Bertz CT molecular complexity index is 1690. The summed E-state index contributed by atoms with van der Waals surface area (Å²) < 4.78 is 26.4.